The highest BCUT2D eigenvalue weighted by Gasteiger charge is 2.18. The number of nitrogens with zero attached hydrogens (tertiary/aromatic N) is 2. The molecule has 0 aliphatic rings. The molecule has 2 aromatic rings. The molecule has 0 radical (unpaired) electrons. The van der Waals surface area contributed by atoms with Crippen molar-refractivity contribution in [3.05, 3.63) is 56.7 Å². The summed E-state index contributed by atoms with van der Waals surface area (Å²) in [5.41, 5.74) is -0.0306. The molecule has 18 heavy (non-hydrogen) atoms. The van der Waals surface area contributed by atoms with Gasteiger partial charge in [0.15, 0.2) is 0 Å². The molecule has 0 atom stereocenters. The lowest BCUT2D eigenvalue weighted by Gasteiger charge is -2.10. The Morgan fingerprint density at radius 3 is 2.67 bits per heavy atom. The summed E-state index contributed by atoms with van der Waals surface area (Å²) < 4.78 is 1.27. The number of pyridine rings is 1. The third kappa shape index (κ3) is 1.98. The number of nitro groups is 1. The fourth-order valence-electron chi connectivity index (χ4n) is 1.66. The van der Waals surface area contributed by atoms with Crippen LogP contribution in [0.1, 0.15) is 6.92 Å². The SMILES string of the molecule is C=C(C)n1c(-c2cccs2)ccc([N+](=O)[O-])c1=O. The molecule has 0 aromatic carbocycles. The first kappa shape index (κ1) is 12.3. The second-order valence-corrected chi connectivity index (χ2v) is 4.66. The Morgan fingerprint density at radius 1 is 1.44 bits per heavy atom. The lowest BCUT2D eigenvalue weighted by Crippen LogP contribution is -2.22. The molecule has 0 spiro atoms. The quantitative estimate of drug-likeness (QED) is 0.631. The maximum atomic E-state index is 12.0. The van der Waals surface area contributed by atoms with Crippen molar-refractivity contribution in [3.8, 4) is 10.6 Å². The van der Waals surface area contributed by atoms with Crippen molar-refractivity contribution in [3.63, 3.8) is 0 Å². The highest BCUT2D eigenvalue weighted by molar-refractivity contribution is 7.13. The van der Waals surface area contributed by atoms with Gasteiger partial charge in [-0.05, 0) is 24.4 Å². The third-order valence-electron chi connectivity index (χ3n) is 2.41. The number of thiophene rings is 1. The molecule has 2 aromatic heterocycles. The molecule has 0 fully saturated rings. The van der Waals surface area contributed by atoms with Crippen LogP contribution in [0, 0.1) is 10.1 Å². The minimum absolute atomic E-state index is 0.446. The highest BCUT2D eigenvalue weighted by Crippen LogP contribution is 2.26. The smallest absolute Gasteiger partial charge is 0.275 e. The maximum Gasteiger partial charge on any atom is 0.334 e. The van der Waals surface area contributed by atoms with Gasteiger partial charge in [-0.25, -0.2) is 0 Å². The second kappa shape index (κ2) is 4.58. The van der Waals surface area contributed by atoms with Gasteiger partial charge in [0, 0.05) is 11.8 Å². The van der Waals surface area contributed by atoms with Crippen LogP contribution < -0.4 is 5.56 Å². The molecule has 0 aliphatic heterocycles. The first-order valence-electron chi connectivity index (χ1n) is 5.12. The van der Waals surface area contributed by atoms with Crippen LogP contribution >= 0.6 is 11.3 Å². The van der Waals surface area contributed by atoms with E-state index in [1.807, 2.05) is 17.5 Å². The van der Waals surface area contributed by atoms with Gasteiger partial charge < -0.3 is 0 Å². The number of aromatic nitrogens is 1. The predicted octanol–water partition coefficient (Wildman–Crippen LogP) is 2.98. The van der Waals surface area contributed by atoms with Crippen molar-refractivity contribution >= 4 is 22.7 Å². The average Bonchev–Trinajstić information content (AvgIpc) is 2.80. The third-order valence-corrected chi connectivity index (χ3v) is 3.31. The van der Waals surface area contributed by atoms with Crippen molar-refractivity contribution in [2.45, 2.75) is 6.92 Å². The largest absolute Gasteiger partial charge is 0.334 e. The minimum Gasteiger partial charge on any atom is -0.275 e. The Bertz CT molecular complexity index is 671. The van der Waals surface area contributed by atoms with E-state index in [-0.39, 0.29) is 0 Å². The predicted molar refractivity (Wildman–Crippen MR) is 71.7 cm³/mol. The molecule has 2 heterocycles. The summed E-state index contributed by atoms with van der Waals surface area (Å²) in [4.78, 5) is 23.0. The summed E-state index contributed by atoms with van der Waals surface area (Å²) in [7, 11) is 0. The van der Waals surface area contributed by atoms with Crippen LogP contribution in [0.5, 0.6) is 0 Å². The van der Waals surface area contributed by atoms with Crippen molar-refractivity contribution in [2.24, 2.45) is 0 Å². The average molecular weight is 262 g/mol. The van der Waals surface area contributed by atoms with Gasteiger partial charge in [-0.15, -0.1) is 11.3 Å². The van der Waals surface area contributed by atoms with E-state index in [9.17, 15) is 14.9 Å². The standard InChI is InChI=1S/C12H10N2O3S/c1-8(2)13-9(11-4-3-7-18-11)5-6-10(12(13)15)14(16)17/h3-7H,1H2,2H3. The second-order valence-electron chi connectivity index (χ2n) is 3.71. The number of hydrogen-bond acceptors (Lipinski definition) is 4. The van der Waals surface area contributed by atoms with Crippen LogP contribution in [0.25, 0.3) is 16.3 Å². The van der Waals surface area contributed by atoms with Crippen molar-refractivity contribution in [1.82, 2.24) is 4.57 Å². The fraction of sp³-hybridized carbons (Fsp3) is 0.0833. The first-order chi connectivity index (χ1) is 8.52. The monoisotopic (exact) mass is 262 g/mol. The molecule has 5 nitrogen and oxygen atoms in total. The Morgan fingerprint density at radius 2 is 2.17 bits per heavy atom. The van der Waals surface area contributed by atoms with Gasteiger partial charge in [-0.2, -0.15) is 0 Å². The zero-order valence-electron chi connectivity index (χ0n) is 9.62. The summed E-state index contributed by atoms with van der Waals surface area (Å²) >= 11 is 1.46. The zero-order valence-corrected chi connectivity index (χ0v) is 10.4. The highest BCUT2D eigenvalue weighted by atomic mass is 32.1. The maximum absolute atomic E-state index is 12.0. The van der Waals surface area contributed by atoms with Crippen LogP contribution in [0.3, 0.4) is 0 Å². The number of rotatable bonds is 3. The van der Waals surface area contributed by atoms with E-state index in [1.165, 1.54) is 22.0 Å². The van der Waals surface area contributed by atoms with Gasteiger partial charge in [0.2, 0.25) is 0 Å². The zero-order chi connectivity index (χ0) is 13.3. The normalized spacial score (nSPS) is 10.3. The van der Waals surface area contributed by atoms with E-state index in [2.05, 4.69) is 6.58 Å². The van der Waals surface area contributed by atoms with Gasteiger partial charge in [0.1, 0.15) is 0 Å². The molecule has 0 bridgehead atoms. The van der Waals surface area contributed by atoms with E-state index < -0.39 is 16.2 Å². The molecule has 0 aliphatic carbocycles. The van der Waals surface area contributed by atoms with E-state index >= 15 is 0 Å². The lowest BCUT2D eigenvalue weighted by atomic mass is 10.2. The Hall–Kier alpha value is -2.21. The van der Waals surface area contributed by atoms with E-state index in [1.54, 1.807) is 13.0 Å². The molecule has 0 N–H and O–H groups in total. The Kier molecular flexibility index (Phi) is 3.12. The van der Waals surface area contributed by atoms with E-state index in [0.717, 1.165) is 4.88 Å². The number of allylic oxidation sites excluding steroid dienone is 1. The van der Waals surface area contributed by atoms with E-state index in [0.29, 0.717) is 11.4 Å². The first-order valence-corrected chi connectivity index (χ1v) is 6.00. The number of hydrogen-bond donors (Lipinski definition) is 0. The Balaban J connectivity index is 2.78. The van der Waals surface area contributed by atoms with Gasteiger partial charge in [-0.3, -0.25) is 19.5 Å². The summed E-state index contributed by atoms with van der Waals surface area (Å²) in [5, 5.41) is 12.6. The summed E-state index contributed by atoms with van der Waals surface area (Å²) in [6.07, 6.45) is 0. The molecule has 0 unspecified atom stereocenters. The van der Waals surface area contributed by atoms with Crippen molar-refractivity contribution in [1.29, 1.82) is 0 Å². The lowest BCUT2D eigenvalue weighted by molar-refractivity contribution is -0.386. The molecular formula is C12H10N2O3S. The van der Waals surface area contributed by atoms with Crippen LogP contribution in [-0.4, -0.2) is 9.49 Å². The minimum atomic E-state index is -0.681. The molecule has 0 saturated heterocycles. The van der Waals surface area contributed by atoms with Crippen molar-refractivity contribution in [2.75, 3.05) is 0 Å². The molecule has 0 saturated carbocycles. The molecular weight excluding hydrogens is 252 g/mol. The van der Waals surface area contributed by atoms with Gasteiger partial charge >= 0.3 is 11.2 Å². The van der Waals surface area contributed by atoms with Crippen LogP contribution in [0.2, 0.25) is 0 Å². The van der Waals surface area contributed by atoms with Gasteiger partial charge in [-0.1, -0.05) is 12.6 Å². The van der Waals surface area contributed by atoms with E-state index in [4.69, 9.17) is 0 Å². The summed E-state index contributed by atoms with van der Waals surface area (Å²) in [6, 6.07) is 6.51. The van der Waals surface area contributed by atoms with Crippen LogP contribution in [0.15, 0.2) is 41.0 Å². The fourth-order valence-corrected chi connectivity index (χ4v) is 2.40. The van der Waals surface area contributed by atoms with Crippen molar-refractivity contribution < 1.29 is 4.92 Å². The topological polar surface area (TPSA) is 65.1 Å². The summed E-state index contributed by atoms with van der Waals surface area (Å²) in [6.45, 7) is 5.34. The van der Waals surface area contributed by atoms with Gasteiger partial charge in [0.05, 0.1) is 15.5 Å². The van der Waals surface area contributed by atoms with Crippen LogP contribution in [0.4, 0.5) is 5.69 Å². The molecule has 6 heteroatoms. The molecule has 92 valence electrons. The summed E-state index contributed by atoms with van der Waals surface area (Å²) in [5.74, 6) is 0. The molecule has 2 rings (SSSR count). The Labute approximate surface area is 107 Å². The van der Waals surface area contributed by atoms with Gasteiger partial charge in [0.25, 0.3) is 0 Å². The molecule has 0 amide bonds. The van der Waals surface area contributed by atoms with Crippen LogP contribution in [-0.2, 0) is 0 Å².